The second kappa shape index (κ2) is 9.18. The van der Waals surface area contributed by atoms with Crippen molar-refractivity contribution in [2.75, 3.05) is 5.32 Å². The van der Waals surface area contributed by atoms with Crippen LogP contribution in [0.15, 0.2) is 76.1 Å². The lowest BCUT2D eigenvalue weighted by Crippen LogP contribution is -2.35. The molecule has 0 aliphatic carbocycles. The van der Waals surface area contributed by atoms with Crippen molar-refractivity contribution in [1.82, 2.24) is 9.88 Å². The molecule has 0 unspecified atom stereocenters. The standard InChI is InChI=1S/C25H25N3O2S/c1-3-18-8-11-23-19(13-18)14-20(24(29)27-23)15-28(16-22-5-4-12-30-22)25(31)26-21-9-6-17(2)7-10-21/h4-14H,3,15-16H2,1-2H3,(H,26,31)(H,27,29). The number of aromatic amines is 1. The van der Waals surface area contributed by atoms with Gasteiger partial charge in [0, 0.05) is 16.8 Å². The summed E-state index contributed by atoms with van der Waals surface area (Å²) < 4.78 is 5.53. The Morgan fingerprint density at radius 1 is 1.10 bits per heavy atom. The van der Waals surface area contributed by atoms with Gasteiger partial charge in [-0.05, 0) is 79.0 Å². The highest BCUT2D eigenvalue weighted by molar-refractivity contribution is 7.80. The minimum absolute atomic E-state index is 0.112. The number of furan rings is 1. The van der Waals surface area contributed by atoms with Crippen molar-refractivity contribution in [2.24, 2.45) is 0 Å². The van der Waals surface area contributed by atoms with Gasteiger partial charge in [0.2, 0.25) is 0 Å². The lowest BCUT2D eigenvalue weighted by molar-refractivity contribution is 0.359. The fourth-order valence-electron chi connectivity index (χ4n) is 3.47. The number of aromatic nitrogens is 1. The van der Waals surface area contributed by atoms with Gasteiger partial charge in [-0.2, -0.15) is 0 Å². The number of fused-ring (bicyclic) bond motifs is 1. The highest BCUT2D eigenvalue weighted by Crippen LogP contribution is 2.17. The van der Waals surface area contributed by atoms with E-state index in [-0.39, 0.29) is 5.56 Å². The van der Waals surface area contributed by atoms with Crippen LogP contribution in [0.25, 0.3) is 10.9 Å². The number of aryl methyl sites for hydroxylation is 2. The number of rotatable bonds is 6. The zero-order valence-electron chi connectivity index (χ0n) is 17.6. The Hall–Kier alpha value is -3.38. The van der Waals surface area contributed by atoms with Crippen LogP contribution in [0, 0.1) is 6.92 Å². The minimum Gasteiger partial charge on any atom is -0.467 e. The molecule has 0 aliphatic heterocycles. The average Bonchev–Trinajstić information content (AvgIpc) is 3.28. The van der Waals surface area contributed by atoms with Gasteiger partial charge in [-0.1, -0.05) is 30.7 Å². The van der Waals surface area contributed by atoms with Crippen LogP contribution in [0.1, 0.15) is 29.4 Å². The van der Waals surface area contributed by atoms with Crippen molar-refractivity contribution in [3.05, 3.63) is 99.7 Å². The van der Waals surface area contributed by atoms with Gasteiger partial charge in [-0.3, -0.25) is 4.79 Å². The molecule has 0 aliphatic rings. The number of anilines is 1. The summed E-state index contributed by atoms with van der Waals surface area (Å²) in [6.07, 6.45) is 2.58. The molecular weight excluding hydrogens is 406 g/mol. The summed E-state index contributed by atoms with van der Waals surface area (Å²) in [5, 5.41) is 4.83. The van der Waals surface area contributed by atoms with Crippen LogP contribution in [0.3, 0.4) is 0 Å². The molecule has 2 N–H and O–H groups in total. The van der Waals surface area contributed by atoms with Crippen molar-refractivity contribution in [2.45, 2.75) is 33.4 Å². The van der Waals surface area contributed by atoms with Crippen molar-refractivity contribution in [1.29, 1.82) is 0 Å². The number of hydrogen-bond acceptors (Lipinski definition) is 3. The largest absolute Gasteiger partial charge is 0.467 e. The van der Waals surface area contributed by atoms with E-state index in [9.17, 15) is 4.79 Å². The van der Waals surface area contributed by atoms with Crippen molar-refractivity contribution in [3.63, 3.8) is 0 Å². The molecule has 2 aromatic carbocycles. The van der Waals surface area contributed by atoms with Crippen LogP contribution in [-0.2, 0) is 19.5 Å². The summed E-state index contributed by atoms with van der Waals surface area (Å²) in [5.74, 6) is 0.776. The quantitative estimate of drug-likeness (QED) is 0.401. The molecule has 0 radical (unpaired) electrons. The second-order valence-electron chi connectivity index (χ2n) is 7.63. The Morgan fingerprint density at radius 3 is 2.61 bits per heavy atom. The fraction of sp³-hybridized carbons (Fsp3) is 0.200. The maximum absolute atomic E-state index is 12.8. The number of benzene rings is 2. The zero-order chi connectivity index (χ0) is 21.8. The average molecular weight is 432 g/mol. The number of nitrogens with one attached hydrogen (secondary N) is 2. The number of H-pyrrole nitrogens is 1. The first-order chi connectivity index (χ1) is 15.0. The third kappa shape index (κ3) is 5.03. The maximum Gasteiger partial charge on any atom is 0.253 e. The number of thiocarbonyl (C=S) groups is 1. The van der Waals surface area contributed by atoms with E-state index in [1.165, 1.54) is 11.1 Å². The smallest absolute Gasteiger partial charge is 0.253 e. The van der Waals surface area contributed by atoms with Crippen molar-refractivity contribution < 1.29 is 4.42 Å². The molecule has 4 rings (SSSR count). The summed E-state index contributed by atoms with van der Waals surface area (Å²) in [5.41, 5.74) is 4.69. The molecule has 0 saturated carbocycles. The summed E-state index contributed by atoms with van der Waals surface area (Å²) in [7, 11) is 0. The SMILES string of the molecule is CCc1ccc2[nH]c(=O)c(CN(Cc3ccco3)C(=S)Nc3ccc(C)cc3)cc2c1. The third-order valence-electron chi connectivity index (χ3n) is 5.27. The molecule has 31 heavy (non-hydrogen) atoms. The highest BCUT2D eigenvalue weighted by Gasteiger charge is 2.16. The number of nitrogens with zero attached hydrogens (tertiary/aromatic N) is 1. The first kappa shape index (κ1) is 20.9. The van der Waals surface area contributed by atoms with E-state index in [1.54, 1.807) is 6.26 Å². The van der Waals surface area contributed by atoms with E-state index >= 15 is 0 Å². The minimum atomic E-state index is -0.112. The zero-order valence-corrected chi connectivity index (χ0v) is 18.5. The number of hydrogen-bond donors (Lipinski definition) is 2. The van der Waals surface area contributed by atoms with Gasteiger partial charge in [0.05, 0.1) is 19.4 Å². The van der Waals surface area contributed by atoms with Gasteiger partial charge in [0.25, 0.3) is 5.56 Å². The van der Waals surface area contributed by atoms with E-state index in [0.717, 1.165) is 28.8 Å². The topological polar surface area (TPSA) is 61.3 Å². The molecule has 2 heterocycles. The number of pyridine rings is 1. The normalized spacial score (nSPS) is 10.9. The van der Waals surface area contributed by atoms with Gasteiger partial charge in [-0.15, -0.1) is 0 Å². The van der Waals surface area contributed by atoms with Crippen LogP contribution < -0.4 is 10.9 Å². The van der Waals surface area contributed by atoms with Gasteiger partial charge in [0.1, 0.15) is 5.76 Å². The van der Waals surface area contributed by atoms with Crippen LogP contribution in [0.4, 0.5) is 5.69 Å². The Morgan fingerprint density at radius 2 is 1.90 bits per heavy atom. The van der Waals surface area contributed by atoms with Crippen molar-refractivity contribution in [3.8, 4) is 0 Å². The maximum atomic E-state index is 12.8. The molecule has 0 atom stereocenters. The molecule has 0 amide bonds. The van der Waals surface area contributed by atoms with Crippen LogP contribution in [0.5, 0.6) is 0 Å². The van der Waals surface area contributed by atoms with E-state index in [0.29, 0.717) is 23.8 Å². The van der Waals surface area contributed by atoms with Gasteiger partial charge < -0.3 is 19.6 Å². The van der Waals surface area contributed by atoms with Gasteiger partial charge in [-0.25, -0.2) is 0 Å². The lowest BCUT2D eigenvalue weighted by Gasteiger charge is -2.25. The third-order valence-corrected chi connectivity index (χ3v) is 5.63. The predicted octanol–water partition coefficient (Wildman–Crippen LogP) is 5.39. The van der Waals surface area contributed by atoms with Gasteiger partial charge in [0.15, 0.2) is 5.11 Å². The van der Waals surface area contributed by atoms with E-state index in [2.05, 4.69) is 23.3 Å². The molecule has 0 bridgehead atoms. The summed E-state index contributed by atoms with van der Waals surface area (Å²) in [4.78, 5) is 17.7. The molecule has 0 fully saturated rings. The summed E-state index contributed by atoms with van der Waals surface area (Å²) >= 11 is 5.70. The molecule has 0 saturated heterocycles. The molecule has 4 aromatic rings. The van der Waals surface area contributed by atoms with E-state index in [1.807, 2.05) is 66.4 Å². The summed E-state index contributed by atoms with van der Waals surface area (Å²) in [6.45, 7) is 4.98. The lowest BCUT2D eigenvalue weighted by atomic mass is 10.1. The molecule has 158 valence electrons. The van der Waals surface area contributed by atoms with Gasteiger partial charge >= 0.3 is 0 Å². The molecule has 6 heteroatoms. The first-order valence-corrected chi connectivity index (χ1v) is 10.7. The first-order valence-electron chi connectivity index (χ1n) is 10.3. The molecule has 2 aromatic heterocycles. The van der Waals surface area contributed by atoms with Crippen LogP contribution in [-0.4, -0.2) is 15.0 Å². The second-order valence-corrected chi connectivity index (χ2v) is 8.02. The monoisotopic (exact) mass is 431 g/mol. The summed E-state index contributed by atoms with van der Waals surface area (Å²) in [6, 6.07) is 19.9. The molecule has 5 nitrogen and oxygen atoms in total. The van der Waals surface area contributed by atoms with Crippen LogP contribution >= 0.6 is 12.2 Å². The Balaban J connectivity index is 1.63. The Kier molecular flexibility index (Phi) is 6.18. The Bertz CT molecular complexity index is 1240. The predicted molar refractivity (Wildman–Crippen MR) is 129 cm³/mol. The van der Waals surface area contributed by atoms with E-state index < -0.39 is 0 Å². The fourth-order valence-corrected chi connectivity index (χ4v) is 3.72. The molecular formula is C25H25N3O2S. The van der Waals surface area contributed by atoms with Crippen molar-refractivity contribution >= 4 is 33.9 Å². The molecule has 0 spiro atoms. The Labute approximate surface area is 186 Å². The van der Waals surface area contributed by atoms with E-state index in [4.69, 9.17) is 16.6 Å². The van der Waals surface area contributed by atoms with Crippen LogP contribution in [0.2, 0.25) is 0 Å². The highest BCUT2D eigenvalue weighted by atomic mass is 32.1.